The summed E-state index contributed by atoms with van der Waals surface area (Å²) in [5.41, 5.74) is -0.703. The van der Waals surface area contributed by atoms with Gasteiger partial charge in [0.15, 0.2) is 0 Å². The maximum Gasteiger partial charge on any atom is 0.494 e. The third-order valence-electron chi connectivity index (χ3n) is 3.70. The van der Waals surface area contributed by atoms with Crippen molar-refractivity contribution in [1.82, 2.24) is 0 Å². The van der Waals surface area contributed by atoms with E-state index in [1.807, 2.05) is 27.7 Å². The standard InChI is InChI=1S/C13H14BClFNO2/c1-12(2)13(3,4)19-14(18-12)8-5-10(15)9(7-17)11(16)6-8/h5-6H,1-4H3. The Balaban J connectivity index is 2.39. The minimum atomic E-state index is -0.690. The molecule has 1 aromatic carbocycles. The predicted octanol–water partition coefficient (Wildman–Crippen LogP) is 2.65. The van der Waals surface area contributed by atoms with E-state index in [1.54, 1.807) is 6.07 Å². The molecule has 1 fully saturated rings. The minimum absolute atomic E-state index is 0.0622. The van der Waals surface area contributed by atoms with Gasteiger partial charge in [-0.15, -0.1) is 0 Å². The molecule has 0 radical (unpaired) electrons. The lowest BCUT2D eigenvalue weighted by molar-refractivity contribution is 0.00578. The molecule has 6 heteroatoms. The number of benzene rings is 1. The molecule has 2 rings (SSSR count). The Labute approximate surface area is 117 Å². The van der Waals surface area contributed by atoms with Crippen LogP contribution in [0.3, 0.4) is 0 Å². The largest absolute Gasteiger partial charge is 0.494 e. The lowest BCUT2D eigenvalue weighted by atomic mass is 9.78. The van der Waals surface area contributed by atoms with Crippen LogP contribution in [-0.4, -0.2) is 18.3 Å². The summed E-state index contributed by atoms with van der Waals surface area (Å²) in [6, 6.07) is 4.46. The van der Waals surface area contributed by atoms with Gasteiger partial charge in [0.25, 0.3) is 0 Å². The number of nitrogens with zero attached hydrogens (tertiary/aromatic N) is 1. The van der Waals surface area contributed by atoms with Gasteiger partial charge in [0.1, 0.15) is 17.4 Å². The molecule has 0 aromatic heterocycles. The Morgan fingerprint density at radius 2 is 1.74 bits per heavy atom. The summed E-state index contributed by atoms with van der Waals surface area (Å²) in [6.07, 6.45) is 0. The van der Waals surface area contributed by atoms with E-state index in [9.17, 15) is 4.39 Å². The number of hydrogen-bond acceptors (Lipinski definition) is 3. The van der Waals surface area contributed by atoms with Gasteiger partial charge in [-0.05, 0) is 45.3 Å². The molecule has 0 N–H and O–H groups in total. The van der Waals surface area contributed by atoms with E-state index in [2.05, 4.69) is 0 Å². The van der Waals surface area contributed by atoms with Crippen LogP contribution in [0.15, 0.2) is 12.1 Å². The van der Waals surface area contributed by atoms with Gasteiger partial charge in [0, 0.05) is 0 Å². The smallest absolute Gasteiger partial charge is 0.399 e. The second-order valence-corrected chi connectivity index (χ2v) is 5.97. The molecule has 1 saturated heterocycles. The van der Waals surface area contributed by atoms with Crippen LogP contribution in [0.25, 0.3) is 0 Å². The van der Waals surface area contributed by atoms with Crippen molar-refractivity contribution >= 4 is 24.2 Å². The molecule has 0 amide bonds. The Bertz CT molecular complexity index is 529. The van der Waals surface area contributed by atoms with E-state index >= 15 is 0 Å². The first kappa shape index (κ1) is 14.3. The van der Waals surface area contributed by atoms with Gasteiger partial charge < -0.3 is 9.31 Å². The van der Waals surface area contributed by atoms with Crippen molar-refractivity contribution in [3.05, 3.63) is 28.5 Å². The van der Waals surface area contributed by atoms with Crippen LogP contribution in [0.1, 0.15) is 33.3 Å². The molecule has 100 valence electrons. The zero-order chi connectivity index (χ0) is 14.4. The van der Waals surface area contributed by atoms with E-state index in [1.165, 1.54) is 12.1 Å². The Hall–Kier alpha value is -1.09. The second-order valence-electron chi connectivity index (χ2n) is 5.56. The van der Waals surface area contributed by atoms with Crippen LogP contribution in [0, 0.1) is 17.1 Å². The van der Waals surface area contributed by atoms with Gasteiger partial charge in [-0.3, -0.25) is 0 Å². The van der Waals surface area contributed by atoms with Gasteiger partial charge in [-0.2, -0.15) is 5.26 Å². The number of hydrogen-bond donors (Lipinski definition) is 0. The van der Waals surface area contributed by atoms with Crippen LogP contribution in [0.4, 0.5) is 4.39 Å². The van der Waals surface area contributed by atoms with Crippen molar-refractivity contribution in [1.29, 1.82) is 5.26 Å². The topological polar surface area (TPSA) is 42.2 Å². The third-order valence-corrected chi connectivity index (χ3v) is 4.00. The average Bonchev–Trinajstić information content (AvgIpc) is 2.47. The summed E-state index contributed by atoms with van der Waals surface area (Å²) in [5.74, 6) is -0.667. The molecule has 19 heavy (non-hydrogen) atoms. The fraction of sp³-hybridized carbons (Fsp3) is 0.462. The molecule has 1 heterocycles. The second kappa shape index (κ2) is 4.48. The Morgan fingerprint density at radius 1 is 1.21 bits per heavy atom. The minimum Gasteiger partial charge on any atom is -0.399 e. The van der Waals surface area contributed by atoms with E-state index in [-0.39, 0.29) is 10.6 Å². The molecule has 0 saturated carbocycles. The van der Waals surface area contributed by atoms with Crippen molar-refractivity contribution in [2.75, 3.05) is 0 Å². The van der Waals surface area contributed by atoms with E-state index < -0.39 is 24.1 Å². The fourth-order valence-electron chi connectivity index (χ4n) is 1.81. The summed E-state index contributed by atoms with van der Waals surface area (Å²) >= 11 is 5.88. The lowest BCUT2D eigenvalue weighted by Crippen LogP contribution is -2.41. The molecule has 0 atom stereocenters. The molecule has 1 aliphatic heterocycles. The normalized spacial score (nSPS) is 20.4. The molecule has 0 spiro atoms. The van der Waals surface area contributed by atoms with Crippen molar-refractivity contribution in [2.45, 2.75) is 38.9 Å². The van der Waals surface area contributed by atoms with E-state index in [0.717, 1.165) is 0 Å². The summed E-state index contributed by atoms with van der Waals surface area (Å²) in [4.78, 5) is 0. The summed E-state index contributed by atoms with van der Waals surface area (Å²) in [7, 11) is -0.690. The molecule has 0 aliphatic carbocycles. The summed E-state index contributed by atoms with van der Waals surface area (Å²) < 4.78 is 25.3. The van der Waals surface area contributed by atoms with Crippen molar-refractivity contribution in [2.24, 2.45) is 0 Å². The molecule has 1 aliphatic rings. The maximum absolute atomic E-state index is 13.7. The van der Waals surface area contributed by atoms with Gasteiger partial charge in [-0.25, -0.2) is 4.39 Å². The first-order valence-electron chi connectivity index (χ1n) is 5.92. The quantitative estimate of drug-likeness (QED) is 0.743. The highest BCUT2D eigenvalue weighted by Crippen LogP contribution is 2.36. The van der Waals surface area contributed by atoms with Crippen LogP contribution in [0.5, 0.6) is 0 Å². The van der Waals surface area contributed by atoms with Crippen molar-refractivity contribution in [3.8, 4) is 6.07 Å². The van der Waals surface area contributed by atoms with Gasteiger partial charge in [0.05, 0.1) is 16.2 Å². The fourth-order valence-corrected chi connectivity index (χ4v) is 2.07. The van der Waals surface area contributed by atoms with Gasteiger partial charge in [0.2, 0.25) is 0 Å². The van der Waals surface area contributed by atoms with Crippen molar-refractivity contribution < 1.29 is 13.7 Å². The molecule has 0 bridgehead atoms. The lowest BCUT2D eigenvalue weighted by Gasteiger charge is -2.32. The number of rotatable bonds is 1. The zero-order valence-electron chi connectivity index (χ0n) is 11.3. The van der Waals surface area contributed by atoms with Gasteiger partial charge >= 0.3 is 7.12 Å². The average molecular weight is 282 g/mol. The highest BCUT2D eigenvalue weighted by Gasteiger charge is 2.51. The molecular formula is C13H14BClFNO2. The number of nitriles is 1. The highest BCUT2D eigenvalue weighted by molar-refractivity contribution is 6.62. The van der Waals surface area contributed by atoms with Crippen LogP contribution in [-0.2, 0) is 9.31 Å². The Morgan fingerprint density at radius 3 is 2.16 bits per heavy atom. The molecule has 3 nitrogen and oxygen atoms in total. The maximum atomic E-state index is 13.7. The molecule has 1 aromatic rings. The predicted molar refractivity (Wildman–Crippen MR) is 71.8 cm³/mol. The van der Waals surface area contributed by atoms with Gasteiger partial charge in [-0.1, -0.05) is 11.6 Å². The van der Waals surface area contributed by atoms with E-state index in [0.29, 0.717) is 5.46 Å². The van der Waals surface area contributed by atoms with Crippen LogP contribution < -0.4 is 5.46 Å². The Kier molecular flexibility index (Phi) is 3.38. The first-order valence-corrected chi connectivity index (χ1v) is 6.30. The van der Waals surface area contributed by atoms with Crippen LogP contribution >= 0.6 is 11.6 Å². The zero-order valence-corrected chi connectivity index (χ0v) is 12.0. The third kappa shape index (κ3) is 2.36. The SMILES string of the molecule is CC1(C)OB(c2cc(F)c(C#N)c(Cl)c2)OC1(C)C. The first-order chi connectivity index (χ1) is 8.68. The number of halogens is 2. The molecule has 0 unspecified atom stereocenters. The summed E-state index contributed by atoms with van der Waals surface area (Å²) in [6.45, 7) is 7.65. The molecular weight excluding hydrogens is 267 g/mol. The highest BCUT2D eigenvalue weighted by atomic mass is 35.5. The van der Waals surface area contributed by atoms with Crippen molar-refractivity contribution in [3.63, 3.8) is 0 Å². The van der Waals surface area contributed by atoms with E-state index in [4.69, 9.17) is 26.2 Å². The monoisotopic (exact) mass is 281 g/mol. The van der Waals surface area contributed by atoms with Crippen LogP contribution in [0.2, 0.25) is 5.02 Å². The summed E-state index contributed by atoms with van der Waals surface area (Å²) in [5, 5.41) is 8.85.